The fourth-order valence-electron chi connectivity index (χ4n) is 2.77. The maximum atomic E-state index is 7.58. The van der Waals surface area contributed by atoms with Crippen LogP contribution in [0.5, 0.6) is 0 Å². The quantitative estimate of drug-likeness (QED) is 0.627. The van der Waals surface area contributed by atoms with Gasteiger partial charge in [0.25, 0.3) is 0 Å². The molecule has 0 bridgehead atoms. The van der Waals surface area contributed by atoms with Crippen LogP contribution in [0.2, 0.25) is 0 Å². The lowest BCUT2D eigenvalue weighted by molar-refractivity contribution is 0.389. The van der Waals surface area contributed by atoms with E-state index in [2.05, 4.69) is 36.1 Å². The number of nitrogens with two attached hydrogens (primary N) is 1. The van der Waals surface area contributed by atoms with Crippen LogP contribution in [0, 0.1) is 5.41 Å². The van der Waals surface area contributed by atoms with Crippen molar-refractivity contribution in [2.75, 3.05) is 24.5 Å². The average Bonchev–Trinajstić information content (AvgIpc) is 2.72. The number of hydrogen-bond donors (Lipinski definition) is 2. The Hall–Kier alpha value is -1.71. The Kier molecular flexibility index (Phi) is 3.75. The van der Waals surface area contributed by atoms with Crippen molar-refractivity contribution in [3.8, 4) is 0 Å². The molecular weight excluding hydrogens is 224 g/mol. The smallest absolute Gasteiger partial charge is 0.188 e. The van der Waals surface area contributed by atoms with Gasteiger partial charge in [0.1, 0.15) is 0 Å². The summed E-state index contributed by atoms with van der Waals surface area (Å²) in [4.78, 5) is 4.35. The number of fused-ring (bicyclic) bond motifs is 1. The Morgan fingerprint density at radius 3 is 2.78 bits per heavy atom. The minimum atomic E-state index is 0.171. The minimum absolute atomic E-state index is 0.171. The van der Waals surface area contributed by atoms with Gasteiger partial charge in [-0.05, 0) is 31.9 Å². The predicted molar refractivity (Wildman–Crippen MR) is 76.1 cm³/mol. The van der Waals surface area contributed by atoms with Gasteiger partial charge in [0, 0.05) is 25.3 Å². The average molecular weight is 246 g/mol. The molecule has 0 spiro atoms. The van der Waals surface area contributed by atoms with Gasteiger partial charge in [-0.15, -0.1) is 0 Å². The van der Waals surface area contributed by atoms with E-state index in [1.165, 1.54) is 11.3 Å². The maximum Gasteiger partial charge on any atom is 0.188 e. The topological polar surface area (TPSA) is 56.4 Å². The summed E-state index contributed by atoms with van der Waals surface area (Å²) in [5, 5.41) is 7.58. The molecule has 1 aliphatic heterocycles. The molecule has 0 aliphatic carbocycles. The molecule has 4 heteroatoms. The number of para-hydroxylation sites is 1. The van der Waals surface area contributed by atoms with E-state index < -0.39 is 0 Å². The molecule has 1 aromatic rings. The van der Waals surface area contributed by atoms with Crippen LogP contribution in [-0.2, 0) is 6.42 Å². The van der Waals surface area contributed by atoms with E-state index >= 15 is 0 Å². The second-order valence-corrected chi connectivity index (χ2v) is 4.70. The van der Waals surface area contributed by atoms with Crippen LogP contribution in [0.15, 0.2) is 24.3 Å². The molecular formula is C14H22N4. The van der Waals surface area contributed by atoms with Crippen LogP contribution in [-0.4, -0.2) is 36.5 Å². The van der Waals surface area contributed by atoms with Crippen molar-refractivity contribution in [1.82, 2.24) is 4.90 Å². The lowest BCUT2D eigenvalue weighted by atomic mass is 10.1. The SMILES string of the molecule is CCN(CC1Cc2ccccc2N1CC)C(=N)N. The van der Waals surface area contributed by atoms with E-state index in [1.807, 2.05) is 11.8 Å². The van der Waals surface area contributed by atoms with Gasteiger partial charge in [-0.25, -0.2) is 0 Å². The van der Waals surface area contributed by atoms with Crippen LogP contribution in [0.1, 0.15) is 19.4 Å². The third-order valence-corrected chi connectivity index (χ3v) is 3.69. The Morgan fingerprint density at radius 2 is 2.17 bits per heavy atom. The van der Waals surface area contributed by atoms with E-state index in [0.29, 0.717) is 6.04 Å². The summed E-state index contributed by atoms with van der Waals surface area (Å²) in [5.74, 6) is 0.171. The highest BCUT2D eigenvalue weighted by Crippen LogP contribution is 2.31. The number of hydrogen-bond acceptors (Lipinski definition) is 2. The normalized spacial score (nSPS) is 17.7. The van der Waals surface area contributed by atoms with Gasteiger partial charge in [-0.1, -0.05) is 18.2 Å². The summed E-state index contributed by atoms with van der Waals surface area (Å²) in [6.45, 7) is 6.84. The molecule has 2 rings (SSSR count). The zero-order valence-electron chi connectivity index (χ0n) is 11.2. The number of likely N-dealkylation sites (N-methyl/N-ethyl adjacent to an activating group) is 2. The lowest BCUT2D eigenvalue weighted by Gasteiger charge is -2.31. The van der Waals surface area contributed by atoms with Gasteiger partial charge in [0.2, 0.25) is 0 Å². The standard InChI is InChI=1S/C14H22N4/c1-3-17(14(15)16)10-12-9-11-7-5-6-8-13(11)18(12)4-2/h5-8,12H,3-4,9-10H2,1-2H3,(H3,15,16). The number of nitrogens with zero attached hydrogens (tertiary/aromatic N) is 2. The lowest BCUT2D eigenvalue weighted by Crippen LogP contribution is -2.46. The fraction of sp³-hybridized carbons (Fsp3) is 0.500. The monoisotopic (exact) mass is 246 g/mol. The molecule has 0 saturated carbocycles. The minimum Gasteiger partial charge on any atom is -0.370 e. The number of anilines is 1. The van der Waals surface area contributed by atoms with Crippen LogP contribution in [0.25, 0.3) is 0 Å². The van der Waals surface area contributed by atoms with Crippen LogP contribution < -0.4 is 10.6 Å². The van der Waals surface area contributed by atoms with Crippen molar-refractivity contribution in [1.29, 1.82) is 5.41 Å². The van der Waals surface area contributed by atoms with Crippen LogP contribution in [0.4, 0.5) is 5.69 Å². The Morgan fingerprint density at radius 1 is 1.44 bits per heavy atom. The molecule has 0 amide bonds. The van der Waals surface area contributed by atoms with Crippen molar-refractivity contribution in [2.24, 2.45) is 5.73 Å². The second-order valence-electron chi connectivity index (χ2n) is 4.70. The molecule has 4 nitrogen and oxygen atoms in total. The summed E-state index contributed by atoms with van der Waals surface area (Å²) >= 11 is 0. The van der Waals surface area contributed by atoms with E-state index in [4.69, 9.17) is 11.1 Å². The Labute approximate surface area is 109 Å². The van der Waals surface area contributed by atoms with Gasteiger partial charge in [-0.3, -0.25) is 5.41 Å². The first-order valence-electron chi connectivity index (χ1n) is 6.60. The number of nitrogens with one attached hydrogen (secondary N) is 1. The van der Waals surface area contributed by atoms with E-state index in [-0.39, 0.29) is 5.96 Å². The highest BCUT2D eigenvalue weighted by molar-refractivity contribution is 5.74. The third kappa shape index (κ3) is 2.28. The molecule has 1 atom stereocenters. The molecule has 18 heavy (non-hydrogen) atoms. The maximum absolute atomic E-state index is 7.58. The van der Waals surface area contributed by atoms with E-state index in [1.54, 1.807) is 0 Å². The van der Waals surface area contributed by atoms with Gasteiger partial charge < -0.3 is 15.5 Å². The van der Waals surface area contributed by atoms with Gasteiger partial charge in [-0.2, -0.15) is 0 Å². The van der Waals surface area contributed by atoms with Crippen LogP contribution >= 0.6 is 0 Å². The van der Waals surface area contributed by atoms with E-state index in [0.717, 1.165) is 26.1 Å². The number of benzene rings is 1. The van der Waals surface area contributed by atoms with Crippen molar-refractivity contribution in [3.05, 3.63) is 29.8 Å². The van der Waals surface area contributed by atoms with Gasteiger partial charge in [0.05, 0.1) is 6.04 Å². The second kappa shape index (κ2) is 5.29. The molecule has 1 aromatic carbocycles. The summed E-state index contributed by atoms with van der Waals surface area (Å²) in [6.07, 6.45) is 1.05. The van der Waals surface area contributed by atoms with Crippen molar-refractivity contribution in [2.45, 2.75) is 26.3 Å². The predicted octanol–water partition coefficient (Wildman–Crippen LogP) is 1.65. The molecule has 98 valence electrons. The molecule has 1 unspecified atom stereocenters. The Balaban J connectivity index is 2.15. The summed E-state index contributed by atoms with van der Waals surface area (Å²) in [5.41, 5.74) is 8.35. The molecule has 3 N–H and O–H groups in total. The van der Waals surface area contributed by atoms with Crippen LogP contribution in [0.3, 0.4) is 0 Å². The van der Waals surface area contributed by atoms with Crippen molar-refractivity contribution in [3.63, 3.8) is 0 Å². The first-order valence-corrected chi connectivity index (χ1v) is 6.60. The third-order valence-electron chi connectivity index (χ3n) is 3.69. The fourth-order valence-corrected chi connectivity index (χ4v) is 2.77. The largest absolute Gasteiger partial charge is 0.370 e. The number of rotatable bonds is 4. The molecule has 0 saturated heterocycles. The molecule has 0 aromatic heterocycles. The molecule has 1 heterocycles. The Bertz CT molecular complexity index is 430. The van der Waals surface area contributed by atoms with Gasteiger partial charge >= 0.3 is 0 Å². The highest BCUT2D eigenvalue weighted by Gasteiger charge is 2.29. The first-order chi connectivity index (χ1) is 8.67. The zero-order valence-corrected chi connectivity index (χ0v) is 11.2. The highest BCUT2D eigenvalue weighted by atomic mass is 15.3. The summed E-state index contributed by atoms with van der Waals surface area (Å²) in [7, 11) is 0. The molecule has 1 aliphatic rings. The number of guanidine groups is 1. The molecule has 0 fully saturated rings. The first kappa shape index (κ1) is 12.7. The zero-order chi connectivity index (χ0) is 13.1. The summed E-state index contributed by atoms with van der Waals surface area (Å²) in [6, 6.07) is 8.99. The summed E-state index contributed by atoms with van der Waals surface area (Å²) < 4.78 is 0. The molecule has 0 radical (unpaired) electrons. The van der Waals surface area contributed by atoms with Gasteiger partial charge in [0.15, 0.2) is 5.96 Å². The van der Waals surface area contributed by atoms with Crippen molar-refractivity contribution < 1.29 is 0 Å². The van der Waals surface area contributed by atoms with Crippen molar-refractivity contribution >= 4 is 11.6 Å². The van der Waals surface area contributed by atoms with E-state index in [9.17, 15) is 0 Å².